The lowest BCUT2D eigenvalue weighted by Crippen LogP contribution is -2.51. The summed E-state index contributed by atoms with van der Waals surface area (Å²) >= 11 is 1.60. The number of hydrogen-bond acceptors (Lipinski definition) is 5. The van der Waals surface area contributed by atoms with Crippen molar-refractivity contribution in [2.75, 3.05) is 12.0 Å². The van der Waals surface area contributed by atoms with E-state index in [4.69, 9.17) is 10.8 Å². The van der Waals surface area contributed by atoms with Crippen LogP contribution in [0.1, 0.15) is 24.9 Å². The summed E-state index contributed by atoms with van der Waals surface area (Å²) in [4.78, 5) is 34.6. The SMILES string of the molecule is CSC[C@H](NC(=O)[C@@H](C)NC(=O)[C@@H](N)CC(=O)O)c1ccccc1. The van der Waals surface area contributed by atoms with Crippen LogP contribution in [-0.2, 0) is 14.4 Å². The van der Waals surface area contributed by atoms with Crippen LogP contribution in [0.4, 0.5) is 0 Å². The molecular formula is C16H23N3O4S. The number of carboxylic acids is 1. The molecule has 0 fully saturated rings. The van der Waals surface area contributed by atoms with Crippen LogP contribution in [0, 0.1) is 0 Å². The Kier molecular flexibility index (Phi) is 8.28. The van der Waals surface area contributed by atoms with Gasteiger partial charge in [-0.05, 0) is 18.7 Å². The van der Waals surface area contributed by atoms with Gasteiger partial charge in [-0.2, -0.15) is 11.8 Å². The molecule has 0 heterocycles. The first-order chi connectivity index (χ1) is 11.3. The molecule has 8 heteroatoms. The maximum atomic E-state index is 12.3. The molecule has 0 saturated carbocycles. The number of amides is 2. The van der Waals surface area contributed by atoms with Gasteiger partial charge in [0, 0.05) is 5.75 Å². The van der Waals surface area contributed by atoms with Gasteiger partial charge in [-0.25, -0.2) is 0 Å². The van der Waals surface area contributed by atoms with Gasteiger partial charge >= 0.3 is 5.97 Å². The normalized spacial score (nSPS) is 14.3. The van der Waals surface area contributed by atoms with Crippen molar-refractivity contribution in [3.63, 3.8) is 0 Å². The van der Waals surface area contributed by atoms with Crippen molar-refractivity contribution in [3.05, 3.63) is 35.9 Å². The Labute approximate surface area is 145 Å². The van der Waals surface area contributed by atoms with E-state index in [1.54, 1.807) is 11.8 Å². The minimum atomic E-state index is -1.19. The first kappa shape index (κ1) is 20.0. The highest BCUT2D eigenvalue weighted by molar-refractivity contribution is 7.98. The molecule has 0 aliphatic heterocycles. The third kappa shape index (κ3) is 6.59. The average molecular weight is 353 g/mol. The second-order valence-electron chi connectivity index (χ2n) is 5.36. The number of nitrogens with two attached hydrogens (primary N) is 1. The van der Waals surface area contributed by atoms with Crippen molar-refractivity contribution in [1.29, 1.82) is 0 Å². The van der Waals surface area contributed by atoms with Crippen molar-refractivity contribution in [1.82, 2.24) is 10.6 Å². The summed E-state index contributed by atoms with van der Waals surface area (Å²) in [5, 5.41) is 14.0. The maximum Gasteiger partial charge on any atom is 0.305 e. The molecule has 1 rings (SSSR count). The van der Waals surface area contributed by atoms with E-state index < -0.39 is 30.4 Å². The highest BCUT2D eigenvalue weighted by atomic mass is 32.2. The van der Waals surface area contributed by atoms with E-state index in [2.05, 4.69) is 10.6 Å². The molecule has 0 spiro atoms. The summed E-state index contributed by atoms with van der Waals surface area (Å²) in [5.41, 5.74) is 6.45. The third-order valence-electron chi connectivity index (χ3n) is 3.34. The quantitative estimate of drug-likeness (QED) is 0.513. The van der Waals surface area contributed by atoms with Crippen molar-refractivity contribution in [3.8, 4) is 0 Å². The second-order valence-corrected chi connectivity index (χ2v) is 6.27. The van der Waals surface area contributed by atoms with Gasteiger partial charge in [0.15, 0.2) is 0 Å². The largest absolute Gasteiger partial charge is 0.481 e. The lowest BCUT2D eigenvalue weighted by atomic mass is 10.1. The number of nitrogens with one attached hydrogen (secondary N) is 2. The zero-order valence-corrected chi connectivity index (χ0v) is 14.5. The van der Waals surface area contributed by atoms with Crippen molar-refractivity contribution in [2.24, 2.45) is 5.73 Å². The van der Waals surface area contributed by atoms with Crippen LogP contribution in [0.15, 0.2) is 30.3 Å². The zero-order valence-electron chi connectivity index (χ0n) is 13.7. The molecule has 24 heavy (non-hydrogen) atoms. The Morgan fingerprint density at radius 1 is 1.17 bits per heavy atom. The van der Waals surface area contributed by atoms with E-state index >= 15 is 0 Å². The molecule has 1 aromatic rings. The minimum absolute atomic E-state index is 0.180. The fourth-order valence-electron chi connectivity index (χ4n) is 2.04. The molecule has 132 valence electrons. The van der Waals surface area contributed by atoms with Crippen LogP contribution in [0.25, 0.3) is 0 Å². The van der Waals surface area contributed by atoms with Gasteiger partial charge in [-0.1, -0.05) is 30.3 Å². The third-order valence-corrected chi connectivity index (χ3v) is 4.00. The number of thioether (sulfide) groups is 1. The predicted octanol–water partition coefficient (Wildman–Crippen LogP) is 0.514. The summed E-state index contributed by atoms with van der Waals surface area (Å²) in [6, 6.07) is 7.35. The second kappa shape index (κ2) is 9.94. The van der Waals surface area contributed by atoms with E-state index in [1.807, 2.05) is 36.6 Å². The lowest BCUT2D eigenvalue weighted by Gasteiger charge is -2.22. The standard InChI is InChI=1S/C16H23N3O4S/c1-10(18-16(23)12(17)8-14(20)21)15(22)19-13(9-24-2)11-6-4-3-5-7-11/h3-7,10,12-13H,8-9,17H2,1-2H3,(H,18,23)(H,19,22)(H,20,21)/t10-,12+,13+/m1/s1. The molecule has 2 amide bonds. The highest BCUT2D eigenvalue weighted by Gasteiger charge is 2.23. The van der Waals surface area contributed by atoms with Gasteiger partial charge in [-0.15, -0.1) is 0 Å². The number of hydrogen-bond donors (Lipinski definition) is 4. The molecule has 1 aromatic carbocycles. The van der Waals surface area contributed by atoms with E-state index in [-0.39, 0.29) is 11.9 Å². The fourth-order valence-corrected chi connectivity index (χ4v) is 2.65. The Bertz CT molecular complexity index is 568. The van der Waals surface area contributed by atoms with E-state index in [9.17, 15) is 14.4 Å². The molecular weight excluding hydrogens is 330 g/mol. The molecule has 3 atom stereocenters. The molecule has 7 nitrogen and oxygen atoms in total. The molecule has 0 aromatic heterocycles. The van der Waals surface area contributed by atoms with Gasteiger partial charge in [-0.3, -0.25) is 14.4 Å². The van der Waals surface area contributed by atoms with Crippen LogP contribution >= 0.6 is 11.8 Å². The zero-order chi connectivity index (χ0) is 18.1. The topological polar surface area (TPSA) is 122 Å². The Hall–Kier alpha value is -2.06. The molecule has 0 radical (unpaired) electrons. The van der Waals surface area contributed by atoms with Gasteiger partial charge in [0.05, 0.1) is 18.5 Å². The van der Waals surface area contributed by atoms with Gasteiger partial charge < -0.3 is 21.5 Å². The summed E-state index contributed by atoms with van der Waals surface area (Å²) in [6.07, 6.45) is 1.46. The molecule has 0 saturated heterocycles. The fraction of sp³-hybridized carbons (Fsp3) is 0.438. The number of benzene rings is 1. The van der Waals surface area contributed by atoms with Crippen molar-refractivity contribution in [2.45, 2.75) is 31.5 Å². The summed E-state index contributed by atoms with van der Waals surface area (Å²) in [5.74, 6) is -1.50. The Balaban J connectivity index is 2.63. The van der Waals surface area contributed by atoms with Gasteiger partial charge in [0.2, 0.25) is 11.8 Å². The van der Waals surface area contributed by atoms with Crippen LogP contribution in [0.2, 0.25) is 0 Å². The summed E-state index contributed by atoms with van der Waals surface area (Å²) in [7, 11) is 0. The predicted molar refractivity (Wildman–Crippen MR) is 93.5 cm³/mol. The number of carbonyl (C=O) groups excluding carboxylic acids is 2. The lowest BCUT2D eigenvalue weighted by molar-refractivity contribution is -0.139. The Morgan fingerprint density at radius 2 is 1.79 bits per heavy atom. The summed E-state index contributed by atoms with van der Waals surface area (Å²) < 4.78 is 0. The number of carboxylic acid groups (broad SMARTS) is 1. The number of aliphatic carboxylic acids is 1. The van der Waals surface area contributed by atoms with Crippen molar-refractivity contribution < 1.29 is 19.5 Å². The number of carbonyl (C=O) groups is 3. The average Bonchev–Trinajstić information content (AvgIpc) is 2.54. The van der Waals surface area contributed by atoms with E-state index in [0.29, 0.717) is 5.75 Å². The smallest absolute Gasteiger partial charge is 0.305 e. The first-order valence-corrected chi connectivity index (χ1v) is 8.86. The van der Waals surface area contributed by atoms with Crippen LogP contribution in [0.3, 0.4) is 0 Å². The van der Waals surface area contributed by atoms with Crippen LogP contribution in [-0.4, -0.2) is 47.0 Å². The maximum absolute atomic E-state index is 12.3. The van der Waals surface area contributed by atoms with E-state index in [1.165, 1.54) is 6.92 Å². The van der Waals surface area contributed by atoms with Crippen LogP contribution < -0.4 is 16.4 Å². The molecule has 5 N–H and O–H groups in total. The van der Waals surface area contributed by atoms with Crippen LogP contribution in [0.5, 0.6) is 0 Å². The Morgan fingerprint density at radius 3 is 2.33 bits per heavy atom. The highest BCUT2D eigenvalue weighted by Crippen LogP contribution is 2.16. The first-order valence-electron chi connectivity index (χ1n) is 7.47. The minimum Gasteiger partial charge on any atom is -0.481 e. The van der Waals surface area contributed by atoms with E-state index in [0.717, 1.165) is 5.56 Å². The molecule has 0 bridgehead atoms. The molecule has 0 aliphatic carbocycles. The monoisotopic (exact) mass is 353 g/mol. The summed E-state index contributed by atoms with van der Waals surface area (Å²) in [6.45, 7) is 1.53. The molecule has 0 unspecified atom stereocenters. The van der Waals surface area contributed by atoms with Gasteiger partial charge in [0.25, 0.3) is 0 Å². The number of rotatable bonds is 9. The van der Waals surface area contributed by atoms with Crippen molar-refractivity contribution >= 4 is 29.5 Å². The molecule has 0 aliphatic rings. The van der Waals surface area contributed by atoms with Gasteiger partial charge in [0.1, 0.15) is 6.04 Å².